The number of nitrogens with one attached hydrogen (secondary N) is 1. The Kier molecular flexibility index (Phi) is 5.81. The van der Waals surface area contributed by atoms with E-state index in [0.717, 1.165) is 16.9 Å². The van der Waals surface area contributed by atoms with Crippen LogP contribution in [-0.2, 0) is 16.8 Å². The van der Waals surface area contributed by atoms with Crippen LogP contribution in [0.15, 0.2) is 34.4 Å². The number of hydrogen-bond acceptors (Lipinski definition) is 5. The van der Waals surface area contributed by atoms with Gasteiger partial charge in [-0.3, -0.25) is 14.2 Å². The van der Waals surface area contributed by atoms with E-state index in [9.17, 15) is 19.5 Å². The fourth-order valence-electron chi connectivity index (χ4n) is 3.19. The fourth-order valence-corrected chi connectivity index (χ4v) is 4.10. The molecule has 0 radical (unpaired) electrons. The van der Waals surface area contributed by atoms with Gasteiger partial charge < -0.3 is 10.4 Å². The first kappa shape index (κ1) is 21.7. The predicted molar refractivity (Wildman–Crippen MR) is 119 cm³/mol. The lowest BCUT2D eigenvalue weighted by molar-refractivity contribution is -0.116. The summed E-state index contributed by atoms with van der Waals surface area (Å²) in [5.41, 5.74) is 1.18. The molecule has 0 atom stereocenters. The van der Waals surface area contributed by atoms with Gasteiger partial charge in [0.05, 0.1) is 10.9 Å². The molecule has 0 fully saturated rings. The Morgan fingerprint density at radius 3 is 2.37 bits per heavy atom. The van der Waals surface area contributed by atoms with Crippen LogP contribution in [-0.4, -0.2) is 26.5 Å². The maximum Gasteiger partial charge on any atom is 0.337 e. The molecule has 0 unspecified atom stereocenters. The van der Waals surface area contributed by atoms with Gasteiger partial charge in [0.1, 0.15) is 17.2 Å². The van der Waals surface area contributed by atoms with Gasteiger partial charge in [0.15, 0.2) is 0 Å². The van der Waals surface area contributed by atoms with E-state index in [1.54, 1.807) is 0 Å². The summed E-state index contributed by atoms with van der Waals surface area (Å²) in [5.74, 6) is -1.23. The normalized spacial score (nSPS) is 11.8. The van der Waals surface area contributed by atoms with Crippen LogP contribution >= 0.6 is 11.3 Å². The second-order valence-corrected chi connectivity index (χ2v) is 9.38. The fraction of sp³-hybridized carbons (Fsp3) is 0.364. The average molecular weight is 428 g/mol. The molecule has 0 saturated carbocycles. The number of carboxylic acid groups (broad SMARTS) is 1. The molecule has 8 heteroatoms. The third-order valence-corrected chi connectivity index (χ3v) is 5.68. The van der Waals surface area contributed by atoms with E-state index in [-0.39, 0.29) is 34.7 Å². The smallest absolute Gasteiger partial charge is 0.337 e. The summed E-state index contributed by atoms with van der Waals surface area (Å²) in [6.45, 7) is 9.83. The molecule has 2 heterocycles. The molecular formula is C22H25N3O4S. The van der Waals surface area contributed by atoms with Gasteiger partial charge in [-0.1, -0.05) is 46.8 Å². The number of nitrogens with zero attached hydrogens (tertiary/aromatic N) is 2. The zero-order valence-corrected chi connectivity index (χ0v) is 18.5. The van der Waals surface area contributed by atoms with Crippen LogP contribution in [0.4, 0.5) is 5.69 Å². The summed E-state index contributed by atoms with van der Waals surface area (Å²) in [6.07, 6.45) is 0. The number of rotatable bonds is 5. The van der Waals surface area contributed by atoms with Crippen molar-refractivity contribution >= 4 is 39.1 Å². The lowest BCUT2D eigenvalue weighted by atomic mass is 9.87. The molecule has 0 spiro atoms. The Morgan fingerprint density at radius 2 is 1.83 bits per heavy atom. The Balaban J connectivity index is 1.94. The highest BCUT2D eigenvalue weighted by Gasteiger charge is 2.22. The first-order valence-electron chi connectivity index (χ1n) is 9.64. The minimum atomic E-state index is -1.19. The summed E-state index contributed by atoms with van der Waals surface area (Å²) in [6, 6.07) is 7.57. The van der Waals surface area contributed by atoms with E-state index < -0.39 is 11.5 Å². The largest absolute Gasteiger partial charge is 0.478 e. The number of anilines is 1. The second kappa shape index (κ2) is 8.02. The van der Waals surface area contributed by atoms with Gasteiger partial charge >= 0.3 is 5.97 Å². The molecule has 30 heavy (non-hydrogen) atoms. The summed E-state index contributed by atoms with van der Waals surface area (Å²) in [5, 5.41) is 13.6. The molecule has 0 bridgehead atoms. The van der Waals surface area contributed by atoms with E-state index >= 15 is 0 Å². The zero-order valence-electron chi connectivity index (χ0n) is 17.6. The first-order valence-corrected chi connectivity index (χ1v) is 10.5. The number of aromatic carboxylic acids is 1. The molecule has 0 aliphatic carbocycles. The van der Waals surface area contributed by atoms with Gasteiger partial charge in [0, 0.05) is 17.0 Å². The SMILES string of the molecule is CC(C)c1nc2scc(C(=O)O)c2c(=O)n1CC(=O)Nc1ccc(C(C)(C)C)cc1. The lowest BCUT2D eigenvalue weighted by Gasteiger charge is -2.19. The molecule has 3 aromatic rings. The molecule has 2 N–H and O–H groups in total. The molecule has 7 nitrogen and oxygen atoms in total. The molecule has 158 valence electrons. The Morgan fingerprint density at radius 1 is 1.20 bits per heavy atom. The third kappa shape index (κ3) is 4.28. The van der Waals surface area contributed by atoms with Crippen LogP contribution in [0, 0.1) is 0 Å². The Bertz CT molecular complexity index is 1170. The van der Waals surface area contributed by atoms with Crippen LogP contribution in [0.2, 0.25) is 0 Å². The van der Waals surface area contributed by atoms with E-state index in [2.05, 4.69) is 31.1 Å². The van der Waals surface area contributed by atoms with Gasteiger partial charge in [0.2, 0.25) is 5.91 Å². The van der Waals surface area contributed by atoms with Crippen molar-refractivity contribution in [2.24, 2.45) is 0 Å². The van der Waals surface area contributed by atoms with Crippen molar-refractivity contribution in [1.82, 2.24) is 9.55 Å². The van der Waals surface area contributed by atoms with Crippen molar-refractivity contribution in [3.63, 3.8) is 0 Å². The number of hydrogen-bond donors (Lipinski definition) is 2. The molecule has 1 amide bonds. The van der Waals surface area contributed by atoms with Crippen LogP contribution in [0.1, 0.15) is 62.3 Å². The van der Waals surface area contributed by atoms with Crippen LogP contribution < -0.4 is 10.9 Å². The van der Waals surface area contributed by atoms with E-state index in [0.29, 0.717) is 16.3 Å². The Hall–Kier alpha value is -3.00. The molecule has 0 aliphatic rings. The van der Waals surface area contributed by atoms with Gasteiger partial charge in [-0.05, 0) is 23.1 Å². The predicted octanol–water partition coefficient (Wildman–Crippen LogP) is 4.22. The highest BCUT2D eigenvalue weighted by molar-refractivity contribution is 7.17. The molecule has 0 saturated heterocycles. The number of carbonyl (C=O) groups is 2. The zero-order chi connectivity index (χ0) is 22.2. The van der Waals surface area contributed by atoms with Crippen molar-refractivity contribution in [1.29, 1.82) is 0 Å². The van der Waals surface area contributed by atoms with Crippen LogP contribution in [0.25, 0.3) is 10.2 Å². The number of carboxylic acids is 1. The highest BCUT2D eigenvalue weighted by Crippen LogP contribution is 2.25. The minimum Gasteiger partial charge on any atom is -0.478 e. The Labute approximate surface area is 178 Å². The van der Waals surface area contributed by atoms with Gasteiger partial charge in [-0.2, -0.15) is 0 Å². The monoisotopic (exact) mass is 427 g/mol. The summed E-state index contributed by atoms with van der Waals surface area (Å²) >= 11 is 1.12. The molecular weight excluding hydrogens is 402 g/mol. The van der Waals surface area contributed by atoms with Crippen LogP contribution in [0.5, 0.6) is 0 Å². The maximum atomic E-state index is 13.1. The lowest BCUT2D eigenvalue weighted by Crippen LogP contribution is -2.32. The van der Waals surface area contributed by atoms with E-state index in [4.69, 9.17) is 0 Å². The van der Waals surface area contributed by atoms with E-state index in [1.807, 2.05) is 38.1 Å². The molecule has 2 aromatic heterocycles. The standard InChI is InChI=1S/C22H25N3O4S/c1-12(2)18-24-19-17(15(11-30-19)21(28)29)20(27)25(18)10-16(26)23-14-8-6-13(7-9-14)22(3,4)5/h6-9,11-12H,10H2,1-5H3,(H,23,26)(H,28,29). The molecule has 1 aromatic carbocycles. The highest BCUT2D eigenvalue weighted by atomic mass is 32.1. The van der Waals surface area contributed by atoms with Crippen molar-refractivity contribution in [2.45, 2.75) is 52.5 Å². The third-order valence-electron chi connectivity index (χ3n) is 4.81. The summed E-state index contributed by atoms with van der Waals surface area (Å²) in [7, 11) is 0. The van der Waals surface area contributed by atoms with Crippen molar-refractivity contribution in [3.8, 4) is 0 Å². The number of aromatic nitrogens is 2. The van der Waals surface area contributed by atoms with Crippen LogP contribution in [0.3, 0.4) is 0 Å². The van der Waals surface area contributed by atoms with Crippen molar-refractivity contribution < 1.29 is 14.7 Å². The number of carbonyl (C=O) groups excluding carboxylic acids is 1. The van der Waals surface area contributed by atoms with Crippen molar-refractivity contribution in [3.05, 3.63) is 57.0 Å². The number of thiophene rings is 1. The minimum absolute atomic E-state index is 0.00544. The average Bonchev–Trinajstić information content (AvgIpc) is 3.08. The summed E-state index contributed by atoms with van der Waals surface area (Å²) in [4.78, 5) is 42.1. The molecule has 3 rings (SSSR count). The second-order valence-electron chi connectivity index (χ2n) is 8.53. The van der Waals surface area contributed by atoms with Gasteiger partial charge in [-0.25, -0.2) is 9.78 Å². The number of amides is 1. The quantitative estimate of drug-likeness (QED) is 0.635. The number of fused-ring (bicyclic) bond motifs is 1. The van der Waals surface area contributed by atoms with Gasteiger partial charge in [-0.15, -0.1) is 11.3 Å². The molecule has 0 aliphatic heterocycles. The topological polar surface area (TPSA) is 101 Å². The summed E-state index contributed by atoms with van der Waals surface area (Å²) < 4.78 is 1.27. The number of benzene rings is 1. The van der Waals surface area contributed by atoms with Crippen molar-refractivity contribution in [2.75, 3.05) is 5.32 Å². The first-order chi connectivity index (χ1) is 14.0. The van der Waals surface area contributed by atoms with Gasteiger partial charge in [0.25, 0.3) is 5.56 Å². The van der Waals surface area contributed by atoms with E-state index in [1.165, 1.54) is 9.95 Å². The maximum absolute atomic E-state index is 13.1.